The first kappa shape index (κ1) is 22.0. The molecule has 1 atom stereocenters. The molecule has 1 N–H and O–H groups in total. The highest BCUT2D eigenvalue weighted by Crippen LogP contribution is 2.43. The van der Waals surface area contributed by atoms with Gasteiger partial charge in [0.2, 0.25) is 5.78 Å². The molecule has 1 unspecified atom stereocenters. The Labute approximate surface area is 204 Å². The number of fused-ring (bicyclic) bond motifs is 1. The quantitative estimate of drug-likeness (QED) is 0.314. The predicted octanol–water partition coefficient (Wildman–Crippen LogP) is 6.30. The van der Waals surface area contributed by atoms with Crippen molar-refractivity contribution in [2.24, 2.45) is 0 Å². The minimum absolute atomic E-state index is 0.0201. The fraction of sp³-hybridized carbons (Fsp3) is 0.111. The molecule has 2 heterocycles. The van der Waals surface area contributed by atoms with E-state index in [0.717, 1.165) is 21.0 Å². The van der Waals surface area contributed by atoms with E-state index in [2.05, 4.69) is 15.9 Å². The number of amides is 1. The van der Waals surface area contributed by atoms with Crippen LogP contribution >= 0.6 is 15.9 Å². The SMILES string of the molecule is COc1ccc(N2C(=O)C(O)=C(C(=O)c3cc4cc(Br)ccc4o3)C2c2ccccc2C)cc1. The first-order chi connectivity index (χ1) is 16.4. The van der Waals surface area contributed by atoms with E-state index in [4.69, 9.17) is 9.15 Å². The van der Waals surface area contributed by atoms with Crippen LogP contribution < -0.4 is 9.64 Å². The van der Waals surface area contributed by atoms with Gasteiger partial charge in [0, 0.05) is 15.5 Å². The second-order valence-electron chi connectivity index (χ2n) is 8.02. The van der Waals surface area contributed by atoms with Gasteiger partial charge in [0.1, 0.15) is 11.3 Å². The number of ketones is 1. The van der Waals surface area contributed by atoms with Gasteiger partial charge in [0.05, 0.1) is 18.7 Å². The van der Waals surface area contributed by atoms with Crippen LogP contribution in [0.15, 0.2) is 93.0 Å². The van der Waals surface area contributed by atoms with Crippen LogP contribution in [0.2, 0.25) is 0 Å². The summed E-state index contributed by atoms with van der Waals surface area (Å²) in [6.45, 7) is 1.90. The zero-order valence-corrected chi connectivity index (χ0v) is 20.0. The van der Waals surface area contributed by atoms with Crippen molar-refractivity contribution in [1.29, 1.82) is 0 Å². The maximum absolute atomic E-state index is 13.7. The number of anilines is 1. The summed E-state index contributed by atoms with van der Waals surface area (Å²) >= 11 is 3.42. The van der Waals surface area contributed by atoms with Gasteiger partial charge < -0.3 is 14.3 Å². The van der Waals surface area contributed by atoms with Crippen molar-refractivity contribution in [2.45, 2.75) is 13.0 Å². The molecule has 1 aromatic heterocycles. The van der Waals surface area contributed by atoms with E-state index in [1.54, 1.807) is 43.5 Å². The molecular weight excluding hydrogens is 498 g/mol. The number of methoxy groups -OCH3 is 1. The number of furan rings is 1. The summed E-state index contributed by atoms with van der Waals surface area (Å²) in [7, 11) is 1.56. The molecule has 4 aromatic rings. The van der Waals surface area contributed by atoms with Crippen molar-refractivity contribution in [1.82, 2.24) is 0 Å². The first-order valence-corrected chi connectivity index (χ1v) is 11.4. The number of aliphatic hydroxyl groups is 1. The Kier molecular flexibility index (Phi) is 5.49. The summed E-state index contributed by atoms with van der Waals surface area (Å²) in [5, 5.41) is 11.7. The molecule has 3 aromatic carbocycles. The van der Waals surface area contributed by atoms with Crippen LogP contribution in [0.25, 0.3) is 11.0 Å². The summed E-state index contributed by atoms with van der Waals surface area (Å²) in [6.07, 6.45) is 0. The van der Waals surface area contributed by atoms with Crippen LogP contribution in [-0.4, -0.2) is 23.9 Å². The van der Waals surface area contributed by atoms with Crippen molar-refractivity contribution in [3.05, 3.63) is 105 Å². The Bertz CT molecular complexity index is 1470. The second-order valence-corrected chi connectivity index (χ2v) is 8.93. The molecule has 5 rings (SSSR count). The number of rotatable bonds is 5. The summed E-state index contributed by atoms with van der Waals surface area (Å²) < 4.78 is 11.9. The zero-order valence-electron chi connectivity index (χ0n) is 18.4. The number of hydrogen-bond donors (Lipinski definition) is 1. The maximum atomic E-state index is 13.7. The lowest BCUT2D eigenvalue weighted by Gasteiger charge is -2.28. The molecule has 7 heteroatoms. The van der Waals surface area contributed by atoms with Crippen LogP contribution in [-0.2, 0) is 4.79 Å². The van der Waals surface area contributed by atoms with Crippen LogP contribution in [0.3, 0.4) is 0 Å². The number of benzene rings is 3. The van der Waals surface area contributed by atoms with Gasteiger partial charge in [0.25, 0.3) is 5.91 Å². The van der Waals surface area contributed by atoms with E-state index in [0.29, 0.717) is 17.0 Å². The maximum Gasteiger partial charge on any atom is 0.294 e. The number of halogens is 1. The van der Waals surface area contributed by atoms with Crippen LogP contribution in [0, 0.1) is 6.92 Å². The minimum atomic E-state index is -0.824. The molecule has 6 nitrogen and oxygen atoms in total. The molecule has 0 fully saturated rings. The molecule has 0 saturated carbocycles. The standard InChI is InChI=1S/C27H20BrNO5/c1-15-5-3-4-6-20(15)24-23(25(30)22-14-16-13-17(28)7-12-21(16)34-22)26(31)27(32)29(24)18-8-10-19(33-2)11-9-18/h3-14,24,31H,1-2H3. The Morgan fingerprint density at radius 2 is 1.79 bits per heavy atom. The van der Waals surface area contributed by atoms with E-state index in [1.807, 2.05) is 43.3 Å². The third-order valence-corrected chi connectivity index (χ3v) is 6.48. The van der Waals surface area contributed by atoms with Crippen LogP contribution in [0.4, 0.5) is 5.69 Å². The summed E-state index contributed by atoms with van der Waals surface area (Å²) in [4.78, 5) is 28.5. The van der Waals surface area contributed by atoms with Gasteiger partial charge in [-0.1, -0.05) is 40.2 Å². The smallest absolute Gasteiger partial charge is 0.294 e. The largest absolute Gasteiger partial charge is 0.503 e. The molecular formula is C27H20BrNO5. The molecule has 1 amide bonds. The van der Waals surface area contributed by atoms with Crippen LogP contribution in [0.1, 0.15) is 27.7 Å². The fourth-order valence-corrected chi connectivity index (χ4v) is 4.67. The number of hydrogen-bond acceptors (Lipinski definition) is 5. The normalized spacial score (nSPS) is 15.9. The molecule has 0 saturated heterocycles. The van der Waals surface area contributed by atoms with Crippen molar-refractivity contribution < 1.29 is 23.8 Å². The van der Waals surface area contributed by atoms with Crippen molar-refractivity contribution in [3.8, 4) is 5.75 Å². The van der Waals surface area contributed by atoms with E-state index in [9.17, 15) is 14.7 Å². The van der Waals surface area contributed by atoms with E-state index < -0.39 is 23.5 Å². The molecule has 0 aliphatic carbocycles. The second kappa shape index (κ2) is 8.50. The van der Waals surface area contributed by atoms with Gasteiger partial charge >= 0.3 is 0 Å². The monoisotopic (exact) mass is 517 g/mol. The van der Waals surface area contributed by atoms with Gasteiger partial charge in [-0.2, -0.15) is 0 Å². The van der Waals surface area contributed by atoms with Gasteiger partial charge in [-0.3, -0.25) is 14.5 Å². The van der Waals surface area contributed by atoms with E-state index >= 15 is 0 Å². The Balaban J connectivity index is 1.66. The topological polar surface area (TPSA) is 80.0 Å². The average molecular weight is 518 g/mol. The molecule has 1 aliphatic heterocycles. The van der Waals surface area contributed by atoms with E-state index in [1.165, 1.54) is 4.90 Å². The molecule has 0 spiro atoms. The Morgan fingerprint density at radius 1 is 1.06 bits per heavy atom. The van der Waals surface area contributed by atoms with Gasteiger partial charge in [-0.15, -0.1) is 0 Å². The number of aliphatic hydroxyl groups excluding tert-OH is 1. The molecule has 34 heavy (non-hydrogen) atoms. The van der Waals surface area contributed by atoms with Gasteiger partial charge in [-0.05, 0) is 66.6 Å². The average Bonchev–Trinajstić information content (AvgIpc) is 3.37. The zero-order chi connectivity index (χ0) is 24.0. The van der Waals surface area contributed by atoms with Crippen LogP contribution in [0.5, 0.6) is 5.75 Å². The lowest BCUT2D eigenvalue weighted by molar-refractivity contribution is -0.117. The molecule has 1 aliphatic rings. The number of Topliss-reactive ketones (excluding diaryl/α,β-unsaturated/α-hetero) is 1. The highest BCUT2D eigenvalue weighted by atomic mass is 79.9. The number of carbonyl (C=O) groups excluding carboxylic acids is 2. The lowest BCUT2D eigenvalue weighted by Crippen LogP contribution is -2.31. The number of nitrogens with zero attached hydrogens (tertiary/aromatic N) is 1. The van der Waals surface area contributed by atoms with Gasteiger partial charge in [0.15, 0.2) is 11.5 Å². The highest BCUT2D eigenvalue weighted by molar-refractivity contribution is 9.10. The molecule has 0 radical (unpaired) electrons. The van der Waals surface area contributed by atoms with E-state index in [-0.39, 0.29) is 11.3 Å². The summed E-state index contributed by atoms with van der Waals surface area (Å²) in [5.74, 6) is -1.10. The third-order valence-electron chi connectivity index (χ3n) is 5.99. The Morgan fingerprint density at radius 3 is 2.50 bits per heavy atom. The molecule has 170 valence electrons. The fourth-order valence-electron chi connectivity index (χ4n) is 4.29. The number of carbonyl (C=O) groups is 2. The van der Waals surface area contributed by atoms with Crippen molar-refractivity contribution in [3.63, 3.8) is 0 Å². The van der Waals surface area contributed by atoms with Gasteiger partial charge in [-0.25, -0.2) is 0 Å². The highest BCUT2D eigenvalue weighted by Gasteiger charge is 2.45. The number of ether oxygens (including phenoxy) is 1. The third kappa shape index (κ3) is 3.58. The molecule has 0 bridgehead atoms. The minimum Gasteiger partial charge on any atom is -0.503 e. The summed E-state index contributed by atoms with van der Waals surface area (Å²) in [5.41, 5.74) is 2.66. The summed E-state index contributed by atoms with van der Waals surface area (Å²) in [6, 6.07) is 20.6. The van der Waals surface area contributed by atoms with Crippen molar-refractivity contribution >= 4 is 44.3 Å². The first-order valence-electron chi connectivity index (χ1n) is 10.6. The predicted molar refractivity (Wildman–Crippen MR) is 132 cm³/mol. The number of aryl methyl sites for hydroxylation is 1. The van der Waals surface area contributed by atoms with Crippen molar-refractivity contribution in [2.75, 3.05) is 12.0 Å². The Hall–Kier alpha value is -3.84. The lowest BCUT2D eigenvalue weighted by atomic mass is 9.92.